The number of H-pyrrole nitrogens is 1. The number of aliphatic hydroxyl groups is 1. The van der Waals surface area contributed by atoms with Crippen LogP contribution in [0.1, 0.15) is 22.7 Å². The molecule has 0 saturated carbocycles. The van der Waals surface area contributed by atoms with Crippen LogP contribution in [0.5, 0.6) is 5.75 Å². The minimum Gasteiger partial charge on any atom is -0.507 e. The van der Waals surface area contributed by atoms with Crippen molar-refractivity contribution < 1.29 is 24.4 Å². The lowest BCUT2D eigenvalue weighted by atomic mass is 9.95. The Morgan fingerprint density at radius 2 is 1.81 bits per heavy atom. The van der Waals surface area contributed by atoms with Crippen LogP contribution in [-0.2, 0) is 16.0 Å². The molecule has 1 amide bonds. The molecule has 0 spiro atoms. The van der Waals surface area contributed by atoms with Gasteiger partial charge in [-0.3, -0.25) is 19.7 Å². The van der Waals surface area contributed by atoms with E-state index in [1.54, 1.807) is 37.4 Å². The molecule has 1 aliphatic rings. The highest BCUT2D eigenvalue weighted by Crippen LogP contribution is 2.40. The first-order chi connectivity index (χ1) is 17.9. The molecule has 4 aromatic rings. The van der Waals surface area contributed by atoms with Gasteiger partial charge in [-0.15, -0.1) is 0 Å². The first-order valence-electron chi connectivity index (χ1n) is 11.6. The Morgan fingerprint density at radius 3 is 2.49 bits per heavy atom. The number of nitrogens with zero attached hydrogens (tertiary/aromatic N) is 2. The van der Waals surface area contributed by atoms with Gasteiger partial charge in [0.1, 0.15) is 11.5 Å². The van der Waals surface area contributed by atoms with Crippen molar-refractivity contribution in [2.75, 3.05) is 13.7 Å². The zero-order valence-corrected chi connectivity index (χ0v) is 19.9. The summed E-state index contributed by atoms with van der Waals surface area (Å²) < 4.78 is 5.33. The normalized spacial score (nSPS) is 16.9. The Morgan fingerprint density at radius 1 is 1.08 bits per heavy atom. The lowest BCUT2D eigenvalue weighted by Crippen LogP contribution is -2.31. The minimum absolute atomic E-state index is 0.0503. The fourth-order valence-electron chi connectivity index (χ4n) is 4.72. The van der Waals surface area contributed by atoms with E-state index in [0.717, 1.165) is 16.5 Å². The number of nitro groups is 1. The molecule has 37 heavy (non-hydrogen) atoms. The fourth-order valence-corrected chi connectivity index (χ4v) is 4.72. The molecule has 1 aliphatic heterocycles. The van der Waals surface area contributed by atoms with Crippen molar-refractivity contribution in [3.8, 4) is 5.75 Å². The molecule has 1 fully saturated rings. The number of amides is 1. The van der Waals surface area contributed by atoms with Gasteiger partial charge in [-0.25, -0.2) is 0 Å². The van der Waals surface area contributed by atoms with Gasteiger partial charge >= 0.3 is 0 Å². The Labute approximate surface area is 211 Å². The molecule has 2 N–H and O–H groups in total. The van der Waals surface area contributed by atoms with E-state index in [-0.39, 0.29) is 23.6 Å². The Kier molecular flexibility index (Phi) is 6.19. The number of aromatic nitrogens is 1. The highest BCUT2D eigenvalue weighted by molar-refractivity contribution is 6.46. The number of nitro benzene ring substituents is 1. The number of Topliss-reactive ketones (excluding diaryl/α,β-unsaturated/α-hetero) is 1. The fraction of sp³-hybridized carbons (Fsp3) is 0.143. The lowest BCUT2D eigenvalue weighted by molar-refractivity contribution is -0.384. The molecule has 1 atom stereocenters. The average molecular weight is 498 g/mol. The largest absolute Gasteiger partial charge is 0.507 e. The topological polar surface area (TPSA) is 126 Å². The summed E-state index contributed by atoms with van der Waals surface area (Å²) in [6.45, 7) is 0.183. The minimum atomic E-state index is -0.902. The first-order valence-corrected chi connectivity index (χ1v) is 11.6. The second-order valence-electron chi connectivity index (χ2n) is 8.68. The van der Waals surface area contributed by atoms with Crippen molar-refractivity contribution in [3.05, 3.63) is 111 Å². The molecule has 0 unspecified atom stereocenters. The van der Waals surface area contributed by atoms with Crippen molar-refractivity contribution in [2.24, 2.45) is 0 Å². The van der Waals surface area contributed by atoms with Crippen LogP contribution >= 0.6 is 0 Å². The van der Waals surface area contributed by atoms with Crippen LogP contribution in [0.15, 0.2) is 84.6 Å². The predicted molar refractivity (Wildman–Crippen MR) is 137 cm³/mol. The van der Waals surface area contributed by atoms with E-state index in [1.165, 1.54) is 29.2 Å². The molecule has 9 nitrogen and oxygen atoms in total. The van der Waals surface area contributed by atoms with Gasteiger partial charge in [-0.2, -0.15) is 0 Å². The van der Waals surface area contributed by atoms with Gasteiger partial charge in [0, 0.05) is 41.3 Å². The maximum absolute atomic E-state index is 13.2. The molecule has 1 aromatic heterocycles. The number of carbonyl (C=O) groups excluding carboxylic acids is 2. The Hall–Kier alpha value is -4.92. The van der Waals surface area contributed by atoms with E-state index in [4.69, 9.17) is 4.74 Å². The van der Waals surface area contributed by atoms with Crippen molar-refractivity contribution in [3.63, 3.8) is 0 Å². The standard InChI is InChI=1S/C28H23N3O6/c1-37-21-11-12-23-22(15-21)19(16-29-23)13-14-30-25(17-7-9-20(10-8-17)31(35)36)24(27(33)28(30)34)26(32)18-5-3-2-4-6-18/h2-12,15-16,25,29,32H,13-14H2,1H3/t25-/m1/s1. The van der Waals surface area contributed by atoms with Crippen molar-refractivity contribution in [2.45, 2.75) is 12.5 Å². The van der Waals surface area contributed by atoms with Crippen LogP contribution in [0.3, 0.4) is 0 Å². The van der Waals surface area contributed by atoms with E-state index < -0.39 is 22.7 Å². The lowest BCUT2D eigenvalue weighted by Gasteiger charge is -2.25. The number of carbonyl (C=O) groups is 2. The number of benzene rings is 3. The summed E-state index contributed by atoms with van der Waals surface area (Å²) in [7, 11) is 1.59. The molecule has 3 aromatic carbocycles. The molecule has 1 saturated heterocycles. The van der Waals surface area contributed by atoms with Crippen LogP contribution < -0.4 is 4.74 Å². The van der Waals surface area contributed by atoms with Crippen LogP contribution in [0.2, 0.25) is 0 Å². The third kappa shape index (κ3) is 4.31. The van der Waals surface area contributed by atoms with Crippen molar-refractivity contribution in [1.82, 2.24) is 9.88 Å². The molecular weight excluding hydrogens is 474 g/mol. The van der Waals surface area contributed by atoms with Crippen LogP contribution in [0, 0.1) is 10.1 Å². The smallest absolute Gasteiger partial charge is 0.295 e. The van der Waals surface area contributed by atoms with E-state index in [2.05, 4.69) is 4.98 Å². The number of likely N-dealkylation sites (tertiary alicyclic amines) is 1. The number of rotatable bonds is 7. The zero-order valence-electron chi connectivity index (χ0n) is 19.9. The molecule has 0 aliphatic carbocycles. The highest BCUT2D eigenvalue weighted by atomic mass is 16.6. The summed E-state index contributed by atoms with van der Waals surface area (Å²) in [5.74, 6) is -1.13. The number of aromatic amines is 1. The van der Waals surface area contributed by atoms with Gasteiger partial charge in [0.15, 0.2) is 0 Å². The van der Waals surface area contributed by atoms with Gasteiger partial charge in [0.2, 0.25) is 0 Å². The molecular formula is C28H23N3O6. The Bertz CT molecular complexity index is 1540. The second-order valence-corrected chi connectivity index (χ2v) is 8.68. The first kappa shape index (κ1) is 23.8. The molecule has 2 heterocycles. The number of ether oxygens (including phenoxy) is 1. The molecule has 0 bridgehead atoms. The summed E-state index contributed by atoms with van der Waals surface area (Å²) in [6.07, 6.45) is 2.28. The number of fused-ring (bicyclic) bond motifs is 1. The number of non-ortho nitro benzene ring substituents is 1. The van der Waals surface area contributed by atoms with Gasteiger partial charge in [-0.05, 0) is 47.9 Å². The van der Waals surface area contributed by atoms with E-state index in [9.17, 15) is 24.8 Å². The third-order valence-electron chi connectivity index (χ3n) is 6.60. The number of ketones is 1. The number of nitrogens with one attached hydrogen (secondary N) is 1. The number of aliphatic hydroxyl groups excluding tert-OH is 1. The molecule has 9 heteroatoms. The van der Waals surface area contributed by atoms with Crippen LogP contribution in [0.25, 0.3) is 16.7 Å². The SMILES string of the molecule is COc1ccc2[nH]cc(CCN3C(=O)C(=O)C(=C(O)c4ccccc4)[C@H]3c3ccc([N+](=O)[O-])cc3)c2c1. The van der Waals surface area contributed by atoms with E-state index in [0.29, 0.717) is 23.3 Å². The summed E-state index contributed by atoms with van der Waals surface area (Å²) in [5.41, 5.74) is 2.57. The Balaban J connectivity index is 1.55. The van der Waals surface area contributed by atoms with E-state index >= 15 is 0 Å². The van der Waals surface area contributed by atoms with Gasteiger partial charge < -0.3 is 19.7 Å². The van der Waals surface area contributed by atoms with Crippen LogP contribution in [-0.4, -0.2) is 45.3 Å². The molecule has 0 radical (unpaired) electrons. The van der Waals surface area contributed by atoms with Crippen LogP contribution in [0.4, 0.5) is 5.69 Å². The zero-order chi connectivity index (χ0) is 26.1. The number of hydrogen-bond acceptors (Lipinski definition) is 6. The van der Waals surface area contributed by atoms with Gasteiger partial charge in [-0.1, -0.05) is 30.3 Å². The molecule has 186 valence electrons. The summed E-state index contributed by atoms with van der Waals surface area (Å²) >= 11 is 0. The quantitative estimate of drug-likeness (QED) is 0.125. The maximum atomic E-state index is 13.2. The second kappa shape index (κ2) is 9.62. The third-order valence-corrected chi connectivity index (χ3v) is 6.60. The summed E-state index contributed by atoms with van der Waals surface area (Å²) in [4.78, 5) is 41.7. The molecule has 5 rings (SSSR count). The monoisotopic (exact) mass is 497 g/mol. The van der Waals surface area contributed by atoms with Gasteiger partial charge in [0.25, 0.3) is 17.4 Å². The number of hydrogen-bond donors (Lipinski definition) is 2. The van der Waals surface area contributed by atoms with Gasteiger partial charge in [0.05, 0.1) is 23.6 Å². The predicted octanol–water partition coefficient (Wildman–Crippen LogP) is 4.75. The van der Waals surface area contributed by atoms with Crippen molar-refractivity contribution in [1.29, 1.82) is 0 Å². The average Bonchev–Trinajstić information content (AvgIpc) is 3.44. The summed E-state index contributed by atoms with van der Waals surface area (Å²) in [5, 5.41) is 23.2. The highest BCUT2D eigenvalue weighted by Gasteiger charge is 2.46. The van der Waals surface area contributed by atoms with Crippen molar-refractivity contribution >= 4 is 34.0 Å². The summed E-state index contributed by atoms with van der Waals surface area (Å²) in [6, 6.07) is 18.9. The number of methoxy groups -OCH3 is 1. The van der Waals surface area contributed by atoms with E-state index in [1.807, 2.05) is 24.4 Å². The maximum Gasteiger partial charge on any atom is 0.295 e.